The Morgan fingerprint density at radius 3 is 2.65 bits per heavy atom. The van der Waals surface area contributed by atoms with Gasteiger partial charge in [0.1, 0.15) is 16.4 Å². The Kier molecular flexibility index (Phi) is 6.08. The Hall–Kier alpha value is -3.63. The van der Waals surface area contributed by atoms with E-state index >= 15 is 0 Å². The number of aryl methyl sites for hydroxylation is 1. The fourth-order valence-electron chi connectivity index (χ4n) is 4.12. The monoisotopic (exact) mass is 477 g/mol. The van der Waals surface area contributed by atoms with E-state index in [4.69, 9.17) is 10.5 Å². The van der Waals surface area contributed by atoms with E-state index in [1.165, 1.54) is 16.9 Å². The lowest BCUT2D eigenvalue weighted by Gasteiger charge is -2.34. The molecule has 5 rings (SSSR count). The van der Waals surface area contributed by atoms with Gasteiger partial charge in [0.25, 0.3) is 5.91 Å². The minimum absolute atomic E-state index is 0.248. The Morgan fingerprint density at radius 2 is 1.91 bits per heavy atom. The maximum Gasteiger partial charge on any atom is 0.269 e. The topological polar surface area (TPSA) is 102 Å². The van der Waals surface area contributed by atoms with Crippen LogP contribution in [0.4, 0.5) is 16.6 Å². The molecular formula is C24H27N7O2S. The Bertz CT molecular complexity index is 1310. The second-order valence-electron chi connectivity index (χ2n) is 8.35. The van der Waals surface area contributed by atoms with E-state index in [0.29, 0.717) is 10.6 Å². The van der Waals surface area contributed by atoms with Crippen molar-refractivity contribution in [1.82, 2.24) is 19.7 Å². The van der Waals surface area contributed by atoms with Gasteiger partial charge >= 0.3 is 0 Å². The number of benzene rings is 2. The fraction of sp³-hybridized carbons (Fsp3) is 0.292. The predicted octanol–water partition coefficient (Wildman–Crippen LogP) is 3.20. The number of ether oxygens (including phenoxy) is 1. The number of fused-ring (bicyclic) bond motifs is 1. The van der Waals surface area contributed by atoms with Crippen molar-refractivity contribution >= 4 is 44.8 Å². The van der Waals surface area contributed by atoms with Crippen molar-refractivity contribution in [2.75, 3.05) is 49.2 Å². The highest BCUT2D eigenvalue weighted by atomic mass is 32.1. The molecule has 0 atom stereocenters. The number of hydrogen-bond donors (Lipinski definition) is 2. The number of nitrogens with two attached hydrogens (primary N) is 1. The van der Waals surface area contributed by atoms with Crippen LogP contribution in [0.25, 0.3) is 10.9 Å². The van der Waals surface area contributed by atoms with E-state index in [-0.39, 0.29) is 11.7 Å². The molecule has 3 N–H and O–H groups in total. The van der Waals surface area contributed by atoms with Gasteiger partial charge in [0.15, 0.2) is 5.13 Å². The summed E-state index contributed by atoms with van der Waals surface area (Å²) in [7, 11) is 3.55. The van der Waals surface area contributed by atoms with Gasteiger partial charge in [0, 0.05) is 57.0 Å². The van der Waals surface area contributed by atoms with Crippen molar-refractivity contribution in [1.29, 1.82) is 0 Å². The second kappa shape index (κ2) is 9.32. The van der Waals surface area contributed by atoms with Gasteiger partial charge < -0.3 is 20.7 Å². The lowest BCUT2D eigenvalue weighted by atomic mass is 10.2. The van der Waals surface area contributed by atoms with Crippen LogP contribution in [-0.2, 0) is 13.6 Å². The van der Waals surface area contributed by atoms with E-state index in [0.717, 1.165) is 54.5 Å². The van der Waals surface area contributed by atoms with Gasteiger partial charge in [-0.2, -0.15) is 5.10 Å². The number of carbonyl (C=O) groups excluding carboxylic acids is 1. The van der Waals surface area contributed by atoms with Crippen molar-refractivity contribution in [2.24, 2.45) is 7.05 Å². The van der Waals surface area contributed by atoms with Crippen LogP contribution >= 0.6 is 11.3 Å². The minimum atomic E-state index is -0.248. The van der Waals surface area contributed by atoms with Gasteiger partial charge in [-0.15, -0.1) is 0 Å². The maximum atomic E-state index is 12.9. The molecule has 0 saturated carbocycles. The van der Waals surface area contributed by atoms with E-state index in [1.54, 1.807) is 11.8 Å². The number of aromatic nitrogens is 3. The quantitative estimate of drug-likeness (QED) is 0.440. The summed E-state index contributed by atoms with van der Waals surface area (Å²) in [5, 5.41) is 9.05. The maximum absolute atomic E-state index is 12.9. The van der Waals surface area contributed by atoms with Crippen molar-refractivity contribution in [3.8, 4) is 5.75 Å². The molecule has 0 spiro atoms. The summed E-state index contributed by atoms with van der Waals surface area (Å²) in [6, 6.07) is 13.8. The van der Waals surface area contributed by atoms with Crippen LogP contribution in [0.3, 0.4) is 0 Å². The summed E-state index contributed by atoms with van der Waals surface area (Å²) >= 11 is 1.34. The van der Waals surface area contributed by atoms with Gasteiger partial charge in [-0.1, -0.05) is 23.5 Å². The molecular weight excluding hydrogens is 450 g/mol. The van der Waals surface area contributed by atoms with Crippen molar-refractivity contribution in [2.45, 2.75) is 6.54 Å². The number of nitrogen functional groups attached to an aromatic ring is 1. The van der Waals surface area contributed by atoms with Gasteiger partial charge in [-0.05, 0) is 35.9 Å². The number of methoxy groups -OCH3 is 1. The Morgan fingerprint density at radius 1 is 1.15 bits per heavy atom. The van der Waals surface area contributed by atoms with Gasteiger partial charge in [-0.3, -0.25) is 14.4 Å². The Balaban J connectivity index is 1.20. The van der Waals surface area contributed by atoms with E-state index < -0.39 is 0 Å². The van der Waals surface area contributed by atoms with Crippen LogP contribution in [0.1, 0.15) is 15.2 Å². The molecule has 34 heavy (non-hydrogen) atoms. The molecule has 0 bridgehead atoms. The lowest BCUT2D eigenvalue weighted by molar-refractivity contribution is 0.103. The van der Waals surface area contributed by atoms with Crippen LogP contribution in [0.15, 0.2) is 48.7 Å². The second-order valence-corrected chi connectivity index (χ2v) is 9.33. The third-order valence-electron chi connectivity index (χ3n) is 5.93. The highest BCUT2D eigenvalue weighted by Crippen LogP contribution is 2.30. The molecule has 1 saturated heterocycles. The molecule has 3 heterocycles. The number of anilines is 3. The average Bonchev–Trinajstić information content (AvgIpc) is 3.41. The molecule has 176 valence electrons. The van der Waals surface area contributed by atoms with Crippen molar-refractivity contribution < 1.29 is 9.53 Å². The zero-order valence-electron chi connectivity index (χ0n) is 19.2. The van der Waals surface area contributed by atoms with Crippen molar-refractivity contribution in [3.63, 3.8) is 0 Å². The predicted molar refractivity (Wildman–Crippen MR) is 136 cm³/mol. The molecule has 1 fully saturated rings. The number of thiazole rings is 1. The molecule has 0 aliphatic carbocycles. The van der Waals surface area contributed by atoms with Gasteiger partial charge in [-0.25, -0.2) is 4.98 Å². The van der Waals surface area contributed by atoms with Crippen LogP contribution in [-0.4, -0.2) is 58.9 Å². The number of hydrogen-bond acceptors (Lipinski definition) is 8. The first-order valence-electron chi connectivity index (χ1n) is 11.1. The van der Waals surface area contributed by atoms with E-state index in [2.05, 4.69) is 37.3 Å². The standard InChI is InChI=1S/C24H27N7O2S/c1-29-15-17-13-18(5-8-20(17)28-29)26-23(32)21-22(25)27-24(34-21)31-11-9-30(10-12-31)14-16-3-6-19(33-2)7-4-16/h3-8,13,15H,9-12,14,25H2,1-2H3,(H,26,32). The number of amides is 1. The molecule has 9 nitrogen and oxygen atoms in total. The molecule has 2 aromatic heterocycles. The van der Waals surface area contributed by atoms with Crippen LogP contribution < -0.4 is 20.7 Å². The van der Waals surface area contributed by atoms with Crippen LogP contribution in [0.5, 0.6) is 5.75 Å². The van der Waals surface area contributed by atoms with Gasteiger partial charge in [0.2, 0.25) is 0 Å². The van der Waals surface area contributed by atoms with Gasteiger partial charge in [0.05, 0.1) is 12.6 Å². The van der Waals surface area contributed by atoms with Crippen LogP contribution in [0.2, 0.25) is 0 Å². The summed E-state index contributed by atoms with van der Waals surface area (Å²) in [5.74, 6) is 0.885. The number of nitrogens with zero attached hydrogens (tertiary/aromatic N) is 5. The molecule has 0 radical (unpaired) electrons. The SMILES string of the molecule is COc1ccc(CN2CCN(c3nc(N)c(C(=O)Nc4ccc5nn(C)cc5c4)s3)CC2)cc1. The lowest BCUT2D eigenvalue weighted by Crippen LogP contribution is -2.45. The number of piperazine rings is 1. The first kappa shape index (κ1) is 22.2. The first-order valence-corrected chi connectivity index (χ1v) is 11.9. The van der Waals surface area contributed by atoms with E-state index in [1.807, 2.05) is 43.6 Å². The summed E-state index contributed by atoms with van der Waals surface area (Å²) in [6.07, 6.45) is 1.92. The molecule has 2 aromatic carbocycles. The summed E-state index contributed by atoms with van der Waals surface area (Å²) in [4.78, 5) is 22.4. The molecule has 4 aromatic rings. The molecule has 1 aliphatic rings. The zero-order chi connectivity index (χ0) is 23.7. The Labute approximate surface area is 201 Å². The minimum Gasteiger partial charge on any atom is -0.497 e. The summed E-state index contributed by atoms with van der Waals surface area (Å²) < 4.78 is 6.98. The largest absolute Gasteiger partial charge is 0.497 e. The number of rotatable bonds is 6. The zero-order valence-corrected chi connectivity index (χ0v) is 20.0. The smallest absolute Gasteiger partial charge is 0.269 e. The molecule has 10 heteroatoms. The third-order valence-corrected chi connectivity index (χ3v) is 7.06. The number of nitrogens with one attached hydrogen (secondary N) is 1. The third kappa shape index (κ3) is 4.68. The summed E-state index contributed by atoms with van der Waals surface area (Å²) in [5.41, 5.74) is 8.97. The molecule has 1 amide bonds. The van der Waals surface area contributed by atoms with E-state index in [9.17, 15) is 4.79 Å². The molecule has 0 unspecified atom stereocenters. The number of carbonyl (C=O) groups is 1. The first-order chi connectivity index (χ1) is 16.5. The molecule has 1 aliphatic heterocycles. The average molecular weight is 478 g/mol. The van der Waals surface area contributed by atoms with Crippen LogP contribution in [0, 0.1) is 0 Å². The highest BCUT2D eigenvalue weighted by molar-refractivity contribution is 7.18. The normalized spacial score (nSPS) is 14.5. The highest BCUT2D eigenvalue weighted by Gasteiger charge is 2.23. The fourth-order valence-corrected chi connectivity index (χ4v) is 5.05. The van der Waals surface area contributed by atoms with Crippen molar-refractivity contribution in [3.05, 3.63) is 59.1 Å². The summed E-state index contributed by atoms with van der Waals surface area (Å²) in [6.45, 7) is 4.40.